The fourth-order valence-electron chi connectivity index (χ4n) is 9.16. The molecule has 0 spiro atoms. The van der Waals surface area contributed by atoms with Gasteiger partial charge in [0.25, 0.3) is 0 Å². The van der Waals surface area contributed by atoms with Crippen molar-refractivity contribution in [3.8, 4) is 0 Å². The monoisotopic (exact) mass is 330 g/mol. The number of fused-ring (bicyclic) bond motifs is 5. The minimum atomic E-state index is 0.661. The molecule has 9 atom stereocenters. The molecule has 0 radical (unpaired) electrons. The highest BCUT2D eigenvalue weighted by Crippen LogP contribution is 2.69. The molecule has 24 heavy (non-hydrogen) atoms. The van der Waals surface area contributed by atoms with Crippen molar-refractivity contribution in [2.75, 3.05) is 0 Å². The molecule has 4 fully saturated rings. The van der Waals surface area contributed by atoms with E-state index >= 15 is 0 Å². The van der Waals surface area contributed by atoms with Crippen LogP contribution in [0.4, 0.5) is 0 Å². The van der Waals surface area contributed by atoms with E-state index in [9.17, 15) is 0 Å². The summed E-state index contributed by atoms with van der Waals surface area (Å²) >= 11 is 0. The van der Waals surface area contributed by atoms with E-state index in [0.29, 0.717) is 10.8 Å². The third kappa shape index (κ3) is 2.30. The van der Waals surface area contributed by atoms with Crippen LogP contribution in [0.15, 0.2) is 0 Å². The van der Waals surface area contributed by atoms with Crippen LogP contribution in [0.3, 0.4) is 0 Å². The predicted molar refractivity (Wildman–Crippen MR) is 104 cm³/mol. The lowest BCUT2D eigenvalue weighted by molar-refractivity contribution is -0.114. The molecule has 2 unspecified atom stereocenters. The molecule has 0 bridgehead atoms. The third-order valence-electron chi connectivity index (χ3n) is 10.3. The zero-order valence-electron chi connectivity index (χ0n) is 17.1. The molecule has 0 saturated heterocycles. The number of hydrogen-bond acceptors (Lipinski definition) is 0. The van der Waals surface area contributed by atoms with Crippen LogP contribution in [0.2, 0.25) is 0 Å². The molecular formula is C24H42. The lowest BCUT2D eigenvalue weighted by Crippen LogP contribution is -2.53. The highest BCUT2D eigenvalue weighted by Gasteiger charge is 2.61. The first-order valence-electron chi connectivity index (χ1n) is 11.4. The Balaban J connectivity index is 1.63. The normalized spacial score (nSPS) is 55.4. The van der Waals surface area contributed by atoms with Crippen molar-refractivity contribution < 1.29 is 0 Å². The average molecular weight is 331 g/mol. The zero-order chi connectivity index (χ0) is 17.1. The van der Waals surface area contributed by atoms with Gasteiger partial charge in [0.1, 0.15) is 0 Å². The van der Waals surface area contributed by atoms with Crippen LogP contribution in [0.1, 0.15) is 98.8 Å². The molecule has 0 amide bonds. The summed E-state index contributed by atoms with van der Waals surface area (Å²) in [6.07, 6.45) is 15.3. The quantitative estimate of drug-likeness (QED) is 0.497. The summed E-state index contributed by atoms with van der Waals surface area (Å²) in [6, 6.07) is 0. The maximum Gasteiger partial charge on any atom is -0.0261 e. The standard InChI is InChI=1S/C24H42/c1-6-16(2)22-17(3)15-21-19-11-10-18-9-7-8-13-23(18,4)20(19)12-14-24(21,22)5/h16-22H,6-15H2,1-5H3/t16-,17?,18?,19-,20+,21+,22+,23+,24+/m1/s1. The molecule has 0 aliphatic heterocycles. The van der Waals surface area contributed by atoms with Gasteiger partial charge in [-0.1, -0.05) is 53.9 Å². The molecule has 4 saturated carbocycles. The van der Waals surface area contributed by atoms with Gasteiger partial charge in [0, 0.05) is 0 Å². The fourth-order valence-corrected chi connectivity index (χ4v) is 9.16. The Morgan fingerprint density at radius 2 is 1.71 bits per heavy atom. The summed E-state index contributed by atoms with van der Waals surface area (Å²) in [5.41, 5.74) is 1.37. The Hall–Kier alpha value is 0. The van der Waals surface area contributed by atoms with Crippen molar-refractivity contribution in [3.63, 3.8) is 0 Å². The van der Waals surface area contributed by atoms with Crippen LogP contribution in [-0.4, -0.2) is 0 Å². The fraction of sp³-hybridized carbons (Fsp3) is 1.00. The molecule has 0 nitrogen and oxygen atoms in total. The maximum absolute atomic E-state index is 2.73. The Labute approximate surface area is 151 Å². The second-order valence-corrected chi connectivity index (χ2v) is 11.1. The average Bonchev–Trinajstić information content (AvgIpc) is 2.84. The molecule has 4 aliphatic carbocycles. The second kappa shape index (κ2) is 6.02. The van der Waals surface area contributed by atoms with Gasteiger partial charge in [0.05, 0.1) is 0 Å². The largest absolute Gasteiger partial charge is 0.0651 e. The maximum atomic E-state index is 2.73. The molecule has 4 aliphatic rings. The van der Waals surface area contributed by atoms with Crippen LogP contribution in [0.25, 0.3) is 0 Å². The lowest BCUT2D eigenvalue weighted by Gasteiger charge is -2.61. The molecule has 0 aromatic rings. The third-order valence-corrected chi connectivity index (χ3v) is 10.3. The van der Waals surface area contributed by atoms with Crippen LogP contribution in [0.5, 0.6) is 0 Å². The number of rotatable bonds is 2. The van der Waals surface area contributed by atoms with Crippen LogP contribution >= 0.6 is 0 Å². The van der Waals surface area contributed by atoms with E-state index in [2.05, 4.69) is 34.6 Å². The van der Waals surface area contributed by atoms with Gasteiger partial charge < -0.3 is 0 Å². The van der Waals surface area contributed by atoms with Crippen LogP contribution in [-0.2, 0) is 0 Å². The first-order chi connectivity index (χ1) is 11.4. The van der Waals surface area contributed by atoms with Crippen molar-refractivity contribution >= 4 is 0 Å². The van der Waals surface area contributed by atoms with E-state index < -0.39 is 0 Å². The number of hydrogen-bond donors (Lipinski definition) is 0. The molecule has 0 aromatic heterocycles. The van der Waals surface area contributed by atoms with Crippen molar-refractivity contribution in [1.82, 2.24) is 0 Å². The summed E-state index contributed by atoms with van der Waals surface area (Å²) in [4.78, 5) is 0. The minimum absolute atomic E-state index is 0.661. The summed E-state index contributed by atoms with van der Waals surface area (Å²) in [7, 11) is 0. The van der Waals surface area contributed by atoms with Gasteiger partial charge in [-0.3, -0.25) is 0 Å². The summed E-state index contributed by atoms with van der Waals surface area (Å²) in [5.74, 6) is 7.13. The van der Waals surface area contributed by atoms with Gasteiger partial charge in [-0.2, -0.15) is 0 Å². The topological polar surface area (TPSA) is 0 Å². The van der Waals surface area contributed by atoms with Crippen molar-refractivity contribution in [1.29, 1.82) is 0 Å². The van der Waals surface area contributed by atoms with Crippen molar-refractivity contribution in [3.05, 3.63) is 0 Å². The van der Waals surface area contributed by atoms with Gasteiger partial charge in [-0.25, -0.2) is 0 Å². The predicted octanol–water partition coefficient (Wildman–Crippen LogP) is 7.33. The van der Waals surface area contributed by atoms with E-state index in [1.807, 2.05) is 0 Å². The van der Waals surface area contributed by atoms with E-state index in [1.165, 1.54) is 19.3 Å². The Kier molecular flexibility index (Phi) is 4.37. The smallest absolute Gasteiger partial charge is 0.0261 e. The van der Waals surface area contributed by atoms with Crippen molar-refractivity contribution in [2.24, 2.45) is 52.3 Å². The van der Waals surface area contributed by atoms with E-state index in [4.69, 9.17) is 0 Å². The first-order valence-corrected chi connectivity index (χ1v) is 11.4. The molecule has 4 rings (SSSR count). The SMILES string of the molecule is CC[C@@H](C)[C@H]1C(C)C[C@H]2[C@@H]3CCC4CCCC[C@]4(C)[C@H]3CC[C@]12C. The van der Waals surface area contributed by atoms with Gasteiger partial charge in [-0.15, -0.1) is 0 Å². The second-order valence-electron chi connectivity index (χ2n) is 11.1. The Bertz CT molecular complexity index is 467. The molecule has 0 heteroatoms. The van der Waals surface area contributed by atoms with E-state index in [0.717, 1.165) is 41.4 Å². The van der Waals surface area contributed by atoms with Gasteiger partial charge >= 0.3 is 0 Å². The zero-order valence-corrected chi connectivity index (χ0v) is 17.1. The van der Waals surface area contributed by atoms with Crippen molar-refractivity contribution in [2.45, 2.75) is 98.8 Å². The van der Waals surface area contributed by atoms with Gasteiger partial charge in [-0.05, 0) is 97.2 Å². The molecule has 0 N–H and O–H groups in total. The summed E-state index contributed by atoms with van der Waals surface area (Å²) in [6.45, 7) is 13.0. The van der Waals surface area contributed by atoms with E-state index in [-0.39, 0.29) is 0 Å². The van der Waals surface area contributed by atoms with Gasteiger partial charge in [0.15, 0.2) is 0 Å². The molecular weight excluding hydrogens is 288 g/mol. The molecule has 0 aromatic carbocycles. The van der Waals surface area contributed by atoms with Crippen LogP contribution < -0.4 is 0 Å². The highest BCUT2D eigenvalue weighted by molar-refractivity contribution is 5.10. The van der Waals surface area contributed by atoms with Gasteiger partial charge in [0.2, 0.25) is 0 Å². The Morgan fingerprint density at radius 1 is 0.917 bits per heavy atom. The first kappa shape index (κ1) is 17.4. The lowest BCUT2D eigenvalue weighted by atomic mass is 9.44. The summed E-state index contributed by atoms with van der Waals surface area (Å²) in [5, 5.41) is 0. The van der Waals surface area contributed by atoms with Crippen LogP contribution in [0, 0.1) is 52.3 Å². The Morgan fingerprint density at radius 3 is 2.46 bits per heavy atom. The molecule has 138 valence electrons. The highest BCUT2D eigenvalue weighted by atomic mass is 14.7. The molecule has 0 heterocycles. The minimum Gasteiger partial charge on any atom is -0.0651 e. The summed E-state index contributed by atoms with van der Waals surface area (Å²) < 4.78 is 0. The van der Waals surface area contributed by atoms with E-state index in [1.54, 1.807) is 44.9 Å².